The zero-order valence-corrected chi connectivity index (χ0v) is 19.1. The number of hydrogen-bond donors (Lipinski definition) is 2. The maximum Gasteiger partial charge on any atom is 0.229 e. The van der Waals surface area contributed by atoms with Crippen LogP contribution in [0, 0.1) is 13.8 Å². The number of para-hydroxylation sites is 2. The Morgan fingerprint density at radius 3 is 1.97 bits per heavy atom. The van der Waals surface area contributed by atoms with E-state index in [4.69, 9.17) is 4.98 Å². The van der Waals surface area contributed by atoms with Gasteiger partial charge in [0.1, 0.15) is 0 Å². The number of aromatic nitrogens is 1. The molecule has 0 aliphatic rings. The third-order valence-electron chi connectivity index (χ3n) is 5.28. The largest absolute Gasteiger partial charge is 0.376 e. The number of nitrogens with zero attached hydrogens (tertiary/aromatic N) is 2. The van der Waals surface area contributed by atoms with E-state index in [-0.39, 0.29) is 0 Å². The summed E-state index contributed by atoms with van der Waals surface area (Å²) in [5.41, 5.74) is 7.42. The highest BCUT2D eigenvalue weighted by molar-refractivity contribution is 7.92. The van der Waals surface area contributed by atoms with Gasteiger partial charge in [-0.3, -0.25) is 4.72 Å². The van der Waals surface area contributed by atoms with Gasteiger partial charge in [-0.15, -0.1) is 0 Å². The molecule has 0 aliphatic heterocycles. The van der Waals surface area contributed by atoms with Crippen LogP contribution in [-0.4, -0.2) is 33.8 Å². The van der Waals surface area contributed by atoms with E-state index < -0.39 is 10.0 Å². The van der Waals surface area contributed by atoms with Gasteiger partial charge in [-0.2, -0.15) is 0 Å². The fourth-order valence-electron chi connectivity index (χ4n) is 3.83. The average Bonchev–Trinajstić information content (AvgIpc) is 2.69. The molecule has 7 heteroatoms. The second-order valence-electron chi connectivity index (χ2n) is 8.05. The molecule has 0 amide bonds. The molecule has 4 aromatic rings. The summed E-state index contributed by atoms with van der Waals surface area (Å²) < 4.78 is 25.9. The molecule has 0 saturated carbocycles. The Balaban J connectivity index is 1.94. The number of nitrogens with one attached hydrogen (secondary N) is 2. The first-order valence-electron chi connectivity index (χ1n) is 9.99. The molecule has 0 saturated heterocycles. The first kappa shape index (κ1) is 20.9. The SMILES string of the molecule is Cc1cccc2c(Nc3ccc(NS(C)(=O)=O)cc3N(C)C)c3cccc(C)c3nc12. The molecule has 0 unspecified atom stereocenters. The van der Waals surface area contributed by atoms with E-state index >= 15 is 0 Å². The molecule has 1 aromatic heterocycles. The van der Waals surface area contributed by atoms with Crippen molar-refractivity contribution in [1.29, 1.82) is 0 Å². The fraction of sp³-hybridized carbons (Fsp3) is 0.208. The van der Waals surface area contributed by atoms with Crippen molar-refractivity contribution in [3.63, 3.8) is 0 Å². The molecule has 160 valence electrons. The van der Waals surface area contributed by atoms with Crippen LogP contribution < -0.4 is 14.9 Å². The Kier molecular flexibility index (Phi) is 5.23. The Labute approximate surface area is 183 Å². The highest BCUT2D eigenvalue weighted by Crippen LogP contribution is 2.38. The van der Waals surface area contributed by atoms with Gasteiger partial charge >= 0.3 is 0 Å². The molecule has 1 heterocycles. The van der Waals surface area contributed by atoms with E-state index in [1.807, 2.05) is 43.3 Å². The van der Waals surface area contributed by atoms with Crippen LogP contribution in [0.25, 0.3) is 21.8 Å². The molecule has 3 aromatic carbocycles. The predicted octanol–water partition coefficient (Wildman–Crippen LogP) is 5.19. The van der Waals surface area contributed by atoms with Crippen LogP contribution >= 0.6 is 0 Å². The quantitative estimate of drug-likeness (QED) is 0.423. The smallest absolute Gasteiger partial charge is 0.229 e. The topological polar surface area (TPSA) is 74.3 Å². The fourth-order valence-corrected chi connectivity index (χ4v) is 4.38. The summed E-state index contributed by atoms with van der Waals surface area (Å²) in [6, 6.07) is 17.9. The van der Waals surface area contributed by atoms with Crippen molar-refractivity contribution in [1.82, 2.24) is 4.98 Å². The van der Waals surface area contributed by atoms with E-state index in [1.165, 1.54) is 0 Å². The number of anilines is 4. The molecular formula is C24H26N4O2S. The van der Waals surface area contributed by atoms with E-state index in [0.717, 1.165) is 56.3 Å². The molecule has 0 atom stereocenters. The maximum absolute atomic E-state index is 11.7. The molecule has 0 radical (unpaired) electrons. The third-order valence-corrected chi connectivity index (χ3v) is 5.89. The zero-order chi connectivity index (χ0) is 22.3. The van der Waals surface area contributed by atoms with Crippen LogP contribution in [0.5, 0.6) is 0 Å². The molecule has 31 heavy (non-hydrogen) atoms. The summed E-state index contributed by atoms with van der Waals surface area (Å²) in [5.74, 6) is 0. The van der Waals surface area contributed by atoms with Crippen LogP contribution in [0.1, 0.15) is 11.1 Å². The van der Waals surface area contributed by atoms with Crippen molar-refractivity contribution < 1.29 is 8.42 Å². The van der Waals surface area contributed by atoms with Crippen LogP contribution in [0.4, 0.5) is 22.7 Å². The van der Waals surface area contributed by atoms with Gasteiger partial charge in [0.05, 0.1) is 40.0 Å². The second-order valence-corrected chi connectivity index (χ2v) is 9.80. The van der Waals surface area contributed by atoms with Crippen molar-refractivity contribution in [2.45, 2.75) is 13.8 Å². The van der Waals surface area contributed by atoms with Gasteiger partial charge in [-0.1, -0.05) is 36.4 Å². The Hall–Kier alpha value is -3.32. The van der Waals surface area contributed by atoms with Gasteiger partial charge < -0.3 is 10.2 Å². The third kappa shape index (κ3) is 4.14. The van der Waals surface area contributed by atoms with Crippen molar-refractivity contribution in [2.24, 2.45) is 0 Å². The van der Waals surface area contributed by atoms with E-state index in [9.17, 15) is 8.42 Å². The van der Waals surface area contributed by atoms with Gasteiger partial charge in [-0.25, -0.2) is 13.4 Å². The zero-order valence-electron chi connectivity index (χ0n) is 18.3. The summed E-state index contributed by atoms with van der Waals surface area (Å²) >= 11 is 0. The van der Waals surface area contributed by atoms with Gasteiger partial charge in [0, 0.05) is 24.9 Å². The van der Waals surface area contributed by atoms with Crippen LogP contribution in [0.2, 0.25) is 0 Å². The molecule has 0 spiro atoms. The Bertz CT molecular complexity index is 1350. The van der Waals surface area contributed by atoms with E-state index in [0.29, 0.717) is 5.69 Å². The summed E-state index contributed by atoms with van der Waals surface area (Å²) in [5, 5.41) is 5.71. The van der Waals surface area contributed by atoms with Gasteiger partial charge in [0.25, 0.3) is 0 Å². The molecule has 6 nitrogen and oxygen atoms in total. The lowest BCUT2D eigenvalue weighted by atomic mass is 10.0. The second kappa shape index (κ2) is 7.74. The molecule has 4 rings (SSSR count). The average molecular weight is 435 g/mol. The van der Waals surface area contributed by atoms with Crippen molar-refractivity contribution in [3.8, 4) is 0 Å². The van der Waals surface area contributed by atoms with Crippen molar-refractivity contribution >= 4 is 54.6 Å². The number of fused-ring (bicyclic) bond motifs is 2. The summed E-state index contributed by atoms with van der Waals surface area (Å²) in [6.07, 6.45) is 1.15. The molecule has 2 N–H and O–H groups in total. The Morgan fingerprint density at radius 1 is 0.871 bits per heavy atom. The van der Waals surface area contributed by atoms with Crippen molar-refractivity contribution in [3.05, 3.63) is 65.7 Å². The number of benzene rings is 3. The summed E-state index contributed by atoms with van der Waals surface area (Å²) in [6.45, 7) is 4.14. The lowest BCUT2D eigenvalue weighted by Crippen LogP contribution is -2.14. The molecular weight excluding hydrogens is 408 g/mol. The minimum atomic E-state index is -3.36. The maximum atomic E-state index is 11.7. The predicted molar refractivity (Wildman–Crippen MR) is 131 cm³/mol. The van der Waals surface area contributed by atoms with Crippen LogP contribution in [0.3, 0.4) is 0 Å². The number of pyridine rings is 1. The monoisotopic (exact) mass is 434 g/mol. The van der Waals surface area contributed by atoms with E-state index in [2.05, 4.69) is 48.2 Å². The number of rotatable bonds is 5. The lowest BCUT2D eigenvalue weighted by Gasteiger charge is -2.22. The minimum Gasteiger partial charge on any atom is -0.376 e. The normalized spacial score (nSPS) is 11.6. The molecule has 0 fully saturated rings. The van der Waals surface area contributed by atoms with Crippen LogP contribution in [-0.2, 0) is 10.0 Å². The number of hydrogen-bond acceptors (Lipinski definition) is 5. The first-order valence-corrected chi connectivity index (χ1v) is 11.9. The van der Waals surface area contributed by atoms with Gasteiger partial charge in [-0.05, 0) is 43.2 Å². The first-order chi connectivity index (χ1) is 14.6. The number of sulfonamides is 1. The minimum absolute atomic E-state index is 0.521. The van der Waals surface area contributed by atoms with Crippen molar-refractivity contribution in [2.75, 3.05) is 35.3 Å². The van der Waals surface area contributed by atoms with Gasteiger partial charge in [0.15, 0.2) is 0 Å². The highest BCUT2D eigenvalue weighted by Gasteiger charge is 2.15. The highest BCUT2D eigenvalue weighted by atomic mass is 32.2. The van der Waals surface area contributed by atoms with Crippen LogP contribution in [0.15, 0.2) is 54.6 Å². The standard InChI is InChI=1S/C24H26N4O2S/c1-15-8-6-10-18-22(15)26-23-16(2)9-7-11-19(23)24(18)25-20-13-12-17(27-31(5,29)30)14-21(20)28(3)4/h6-14,27H,1-5H3,(H,25,26). The molecule has 0 aliphatic carbocycles. The van der Waals surface area contributed by atoms with Gasteiger partial charge in [0.2, 0.25) is 10.0 Å². The molecule has 0 bridgehead atoms. The lowest BCUT2D eigenvalue weighted by molar-refractivity contribution is 0.607. The number of aryl methyl sites for hydroxylation is 2. The summed E-state index contributed by atoms with van der Waals surface area (Å²) in [4.78, 5) is 6.92. The van der Waals surface area contributed by atoms with E-state index in [1.54, 1.807) is 6.07 Å². The summed E-state index contributed by atoms with van der Waals surface area (Å²) in [7, 11) is 0.509. The Morgan fingerprint density at radius 2 is 1.45 bits per heavy atom.